The van der Waals surface area contributed by atoms with E-state index in [0.717, 1.165) is 24.7 Å². The van der Waals surface area contributed by atoms with Gasteiger partial charge in [-0.3, -0.25) is 9.59 Å². The van der Waals surface area contributed by atoms with Gasteiger partial charge in [-0.15, -0.1) is 0 Å². The monoisotopic (exact) mass is 397 g/mol. The number of anilines is 3. The van der Waals surface area contributed by atoms with E-state index in [1.807, 2.05) is 24.3 Å². The highest BCUT2D eigenvalue weighted by atomic mass is 16.5. The first-order valence-electron chi connectivity index (χ1n) is 9.69. The van der Waals surface area contributed by atoms with Gasteiger partial charge in [-0.05, 0) is 55.2 Å². The van der Waals surface area contributed by atoms with Crippen LogP contribution in [0.15, 0.2) is 42.5 Å². The van der Waals surface area contributed by atoms with Gasteiger partial charge in [-0.1, -0.05) is 6.92 Å². The first kappa shape index (κ1) is 20.5. The van der Waals surface area contributed by atoms with E-state index in [9.17, 15) is 9.59 Å². The number of nitrogens with one attached hydrogen (secondary N) is 2. The predicted molar refractivity (Wildman–Crippen MR) is 114 cm³/mol. The second-order valence-corrected chi connectivity index (χ2v) is 7.19. The number of ether oxygens (including phenoxy) is 2. The van der Waals surface area contributed by atoms with Crippen LogP contribution in [0.1, 0.15) is 19.8 Å². The highest BCUT2D eigenvalue weighted by Gasteiger charge is 2.17. The molecule has 154 valence electrons. The number of rotatable bonds is 5. The number of methoxy groups -OCH3 is 2. The molecule has 0 bridgehead atoms. The fourth-order valence-corrected chi connectivity index (χ4v) is 3.31. The Bertz CT molecular complexity index is 859. The molecule has 0 spiro atoms. The largest absolute Gasteiger partial charge is 0.493 e. The summed E-state index contributed by atoms with van der Waals surface area (Å²) >= 11 is 0. The number of hydrogen-bond donors (Lipinski definition) is 2. The molecule has 0 aliphatic carbocycles. The smallest absolute Gasteiger partial charge is 0.314 e. The van der Waals surface area contributed by atoms with Gasteiger partial charge in [-0.2, -0.15) is 0 Å². The van der Waals surface area contributed by atoms with Gasteiger partial charge < -0.3 is 25.0 Å². The highest BCUT2D eigenvalue weighted by molar-refractivity contribution is 6.43. The molecule has 29 heavy (non-hydrogen) atoms. The van der Waals surface area contributed by atoms with Crippen LogP contribution in [0.4, 0.5) is 17.1 Å². The van der Waals surface area contributed by atoms with E-state index in [0.29, 0.717) is 22.9 Å². The third kappa shape index (κ3) is 5.19. The molecule has 7 nitrogen and oxygen atoms in total. The van der Waals surface area contributed by atoms with E-state index < -0.39 is 11.8 Å². The molecule has 1 aliphatic heterocycles. The maximum atomic E-state index is 12.2. The minimum atomic E-state index is -0.758. The first-order chi connectivity index (χ1) is 14.0. The van der Waals surface area contributed by atoms with Crippen LogP contribution >= 0.6 is 0 Å². The van der Waals surface area contributed by atoms with E-state index in [-0.39, 0.29) is 0 Å². The fraction of sp³-hybridized carbons (Fsp3) is 0.364. The van der Waals surface area contributed by atoms with Gasteiger partial charge in [0, 0.05) is 36.2 Å². The molecule has 0 saturated carbocycles. The quantitative estimate of drug-likeness (QED) is 0.755. The number of piperidine rings is 1. The molecular formula is C22H27N3O4. The van der Waals surface area contributed by atoms with Crippen molar-refractivity contribution in [3.63, 3.8) is 0 Å². The Kier molecular flexibility index (Phi) is 6.59. The number of nitrogens with zero attached hydrogens (tertiary/aromatic N) is 1. The summed E-state index contributed by atoms with van der Waals surface area (Å²) in [6.07, 6.45) is 2.38. The summed E-state index contributed by atoms with van der Waals surface area (Å²) in [4.78, 5) is 26.8. The van der Waals surface area contributed by atoms with Crippen LogP contribution in [0.25, 0.3) is 0 Å². The lowest BCUT2D eigenvalue weighted by Crippen LogP contribution is -2.32. The average Bonchev–Trinajstić information content (AvgIpc) is 2.74. The summed E-state index contributed by atoms with van der Waals surface area (Å²) in [6.45, 7) is 4.37. The molecule has 1 aliphatic rings. The molecule has 2 amide bonds. The summed E-state index contributed by atoms with van der Waals surface area (Å²) in [5.41, 5.74) is 2.15. The first-order valence-corrected chi connectivity index (χ1v) is 9.69. The normalized spacial score (nSPS) is 14.2. The van der Waals surface area contributed by atoms with Crippen LogP contribution in [-0.2, 0) is 9.59 Å². The van der Waals surface area contributed by atoms with Gasteiger partial charge in [-0.25, -0.2) is 0 Å². The van der Waals surface area contributed by atoms with Crippen molar-refractivity contribution in [3.05, 3.63) is 42.5 Å². The van der Waals surface area contributed by atoms with Crippen molar-refractivity contribution < 1.29 is 19.1 Å². The number of hydrogen-bond acceptors (Lipinski definition) is 5. The number of carbonyl (C=O) groups excluding carboxylic acids is 2. The third-order valence-corrected chi connectivity index (χ3v) is 5.12. The number of amides is 2. The predicted octanol–water partition coefficient (Wildman–Crippen LogP) is 3.52. The van der Waals surface area contributed by atoms with Gasteiger partial charge in [0.1, 0.15) is 0 Å². The summed E-state index contributed by atoms with van der Waals surface area (Å²) in [5.74, 6) is 0.284. The lowest BCUT2D eigenvalue weighted by molar-refractivity contribution is -0.132. The lowest BCUT2D eigenvalue weighted by Gasteiger charge is -2.32. The highest BCUT2D eigenvalue weighted by Crippen LogP contribution is 2.29. The van der Waals surface area contributed by atoms with Crippen molar-refractivity contribution in [1.29, 1.82) is 0 Å². The molecule has 2 aromatic carbocycles. The molecule has 7 heteroatoms. The lowest BCUT2D eigenvalue weighted by atomic mass is 9.99. The van der Waals surface area contributed by atoms with E-state index in [1.54, 1.807) is 18.2 Å². The van der Waals surface area contributed by atoms with E-state index in [1.165, 1.54) is 27.1 Å². The van der Waals surface area contributed by atoms with Crippen molar-refractivity contribution in [3.8, 4) is 11.5 Å². The molecule has 2 aromatic rings. The molecule has 0 unspecified atom stereocenters. The van der Waals surface area contributed by atoms with Gasteiger partial charge in [0.05, 0.1) is 14.2 Å². The van der Waals surface area contributed by atoms with Crippen LogP contribution < -0.4 is 25.0 Å². The molecule has 1 saturated heterocycles. The number of benzene rings is 2. The van der Waals surface area contributed by atoms with Crippen LogP contribution in [-0.4, -0.2) is 39.1 Å². The summed E-state index contributed by atoms with van der Waals surface area (Å²) < 4.78 is 10.4. The number of carbonyl (C=O) groups is 2. The Labute approximate surface area is 171 Å². The van der Waals surface area contributed by atoms with Crippen LogP contribution in [0.3, 0.4) is 0 Å². The van der Waals surface area contributed by atoms with Crippen molar-refractivity contribution in [2.24, 2.45) is 5.92 Å². The molecule has 0 atom stereocenters. The van der Waals surface area contributed by atoms with Gasteiger partial charge in [0.2, 0.25) is 0 Å². The van der Waals surface area contributed by atoms with Crippen molar-refractivity contribution >= 4 is 28.9 Å². The minimum Gasteiger partial charge on any atom is -0.493 e. The molecule has 3 rings (SSSR count). The van der Waals surface area contributed by atoms with Crippen LogP contribution in [0.2, 0.25) is 0 Å². The van der Waals surface area contributed by atoms with E-state index in [4.69, 9.17) is 9.47 Å². The summed E-state index contributed by atoms with van der Waals surface area (Å²) in [7, 11) is 3.03. The molecular weight excluding hydrogens is 370 g/mol. The second-order valence-electron chi connectivity index (χ2n) is 7.19. The van der Waals surface area contributed by atoms with E-state index in [2.05, 4.69) is 22.5 Å². The van der Waals surface area contributed by atoms with E-state index >= 15 is 0 Å². The van der Waals surface area contributed by atoms with Crippen molar-refractivity contribution in [1.82, 2.24) is 0 Å². The topological polar surface area (TPSA) is 79.9 Å². The Morgan fingerprint density at radius 3 is 2.00 bits per heavy atom. The zero-order valence-corrected chi connectivity index (χ0v) is 17.0. The molecule has 0 aromatic heterocycles. The zero-order chi connectivity index (χ0) is 20.8. The van der Waals surface area contributed by atoms with Crippen LogP contribution in [0.5, 0.6) is 11.5 Å². The van der Waals surface area contributed by atoms with Gasteiger partial charge >= 0.3 is 11.8 Å². The summed E-state index contributed by atoms with van der Waals surface area (Å²) in [5, 5.41) is 5.19. The standard InChI is InChI=1S/C22H27N3O4/c1-15-10-12-25(13-11-15)18-7-4-16(5-8-18)23-21(26)22(27)24-17-6-9-19(28-2)20(14-17)29-3/h4-9,14-15H,10-13H2,1-3H3,(H,23,26)(H,24,27). The molecule has 0 radical (unpaired) electrons. The molecule has 2 N–H and O–H groups in total. The van der Waals surface area contributed by atoms with Crippen LogP contribution in [0, 0.1) is 5.92 Å². The maximum Gasteiger partial charge on any atom is 0.314 e. The minimum absolute atomic E-state index is 0.442. The maximum absolute atomic E-state index is 12.2. The van der Waals surface area contributed by atoms with Gasteiger partial charge in [0.25, 0.3) is 0 Å². The Morgan fingerprint density at radius 1 is 0.862 bits per heavy atom. The molecule has 1 heterocycles. The Balaban J connectivity index is 1.57. The summed E-state index contributed by atoms with van der Waals surface area (Å²) in [6, 6.07) is 12.5. The zero-order valence-electron chi connectivity index (χ0n) is 17.0. The molecule has 1 fully saturated rings. The SMILES string of the molecule is COc1ccc(NC(=O)C(=O)Nc2ccc(N3CCC(C)CC3)cc2)cc1OC. The van der Waals surface area contributed by atoms with Crippen molar-refractivity contribution in [2.75, 3.05) is 42.8 Å². The Hall–Kier alpha value is -3.22. The second kappa shape index (κ2) is 9.32. The fourth-order valence-electron chi connectivity index (χ4n) is 3.31. The van der Waals surface area contributed by atoms with Gasteiger partial charge in [0.15, 0.2) is 11.5 Å². The van der Waals surface area contributed by atoms with Crippen molar-refractivity contribution in [2.45, 2.75) is 19.8 Å². The average molecular weight is 397 g/mol. The Morgan fingerprint density at radius 2 is 1.41 bits per heavy atom. The third-order valence-electron chi connectivity index (χ3n) is 5.12.